The van der Waals surface area contributed by atoms with Crippen molar-refractivity contribution in [2.24, 2.45) is 0 Å². The molecule has 15 heteroatoms. The first-order chi connectivity index (χ1) is 15.2. The number of hydrogen-bond acceptors (Lipinski definition) is 10. The van der Waals surface area contributed by atoms with Crippen LogP contribution in [0.2, 0.25) is 0 Å². The molecule has 0 aliphatic heterocycles. The summed E-state index contributed by atoms with van der Waals surface area (Å²) in [5.74, 6) is -1.43. The molecule has 2 heterocycles. The van der Waals surface area contributed by atoms with Crippen molar-refractivity contribution in [3.63, 3.8) is 0 Å². The lowest BCUT2D eigenvalue weighted by Gasteiger charge is -2.09. The number of amides is 1. The summed E-state index contributed by atoms with van der Waals surface area (Å²) >= 11 is 0. The van der Waals surface area contributed by atoms with E-state index in [2.05, 4.69) is 15.4 Å². The highest BCUT2D eigenvalue weighted by atomic mass is 16.6. The second-order valence-corrected chi connectivity index (χ2v) is 6.24. The molecule has 3 rings (SSSR count). The van der Waals surface area contributed by atoms with Gasteiger partial charge in [0.05, 0.1) is 32.9 Å². The molecule has 1 aromatic carbocycles. The molecular formula is C17H13N7O8. The summed E-state index contributed by atoms with van der Waals surface area (Å²) in [5.41, 5.74) is -1.40. The Morgan fingerprint density at radius 2 is 1.84 bits per heavy atom. The molecule has 0 atom stereocenters. The lowest BCUT2D eigenvalue weighted by molar-refractivity contribution is -0.424. The summed E-state index contributed by atoms with van der Waals surface area (Å²) < 4.78 is 6.32. The van der Waals surface area contributed by atoms with Gasteiger partial charge in [0, 0.05) is 18.3 Å². The Balaban J connectivity index is 1.84. The Kier molecular flexibility index (Phi) is 6.00. The van der Waals surface area contributed by atoms with E-state index in [1.807, 2.05) is 0 Å². The van der Waals surface area contributed by atoms with Crippen LogP contribution in [0.5, 0.6) is 11.5 Å². The fourth-order valence-electron chi connectivity index (χ4n) is 2.71. The van der Waals surface area contributed by atoms with Gasteiger partial charge in [0.1, 0.15) is 23.7 Å². The van der Waals surface area contributed by atoms with Crippen molar-refractivity contribution in [1.29, 1.82) is 0 Å². The summed E-state index contributed by atoms with van der Waals surface area (Å²) in [6, 6.07) is 6.71. The fraction of sp³-hybridized carbons (Fsp3) is 0.118. The Morgan fingerprint density at radius 3 is 2.41 bits per heavy atom. The first kappa shape index (κ1) is 21.8. The van der Waals surface area contributed by atoms with E-state index < -0.39 is 38.7 Å². The second-order valence-electron chi connectivity index (χ2n) is 6.24. The van der Waals surface area contributed by atoms with Crippen molar-refractivity contribution in [3.8, 4) is 11.5 Å². The number of anilines is 1. The molecule has 0 unspecified atom stereocenters. The SMILES string of the molecule is Cc1c([N+](=O)[O-])c([N+](=O)[O-])nn1CC(=O)Nc1cc(Oc2cccnc2)cc([N+](=O)[O-])c1. The number of nitrogens with one attached hydrogen (secondary N) is 1. The van der Waals surface area contributed by atoms with Crippen LogP contribution in [0.15, 0.2) is 42.7 Å². The third-order valence-corrected chi connectivity index (χ3v) is 4.06. The van der Waals surface area contributed by atoms with Crippen LogP contribution in [0.3, 0.4) is 0 Å². The predicted molar refractivity (Wildman–Crippen MR) is 106 cm³/mol. The number of ether oxygens (including phenoxy) is 1. The minimum atomic E-state index is -1.03. The minimum Gasteiger partial charge on any atom is -0.455 e. The van der Waals surface area contributed by atoms with Crippen molar-refractivity contribution >= 4 is 28.8 Å². The highest BCUT2D eigenvalue weighted by molar-refractivity contribution is 5.91. The molecule has 32 heavy (non-hydrogen) atoms. The number of pyridine rings is 1. The van der Waals surface area contributed by atoms with E-state index in [0.29, 0.717) is 5.75 Å². The van der Waals surface area contributed by atoms with Gasteiger partial charge in [0.25, 0.3) is 5.69 Å². The van der Waals surface area contributed by atoms with Gasteiger partial charge >= 0.3 is 11.5 Å². The Labute approximate surface area is 177 Å². The van der Waals surface area contributed by atoms with E-state index >= 15 is 0 Å². The van der Waals surface area contributed by atoms with Crippen molar-refractivity contribution < 1.29 is 24.3 Å². The first-order valence-electron chi connectivity index (χ1n) is 8.69. The number of benzene rings is 1. The number of nitro benzene ring substituents is 1. The third-order valence-electron chi connectivity index (χ3n) is 4.06. The van der Waals surface area contributed by atoms with Crippen LogP contribution in [-0.2, 0) is 11.3 Å². The second kappa shape index (κ2) is 8.82. The maximum absolute atomic E-state index is 12.4. The zero-order valence-corrected chi connectivity index (χ0v) is 16.2. The van der Waals surface area contributed by atoms with E-state index in [4.69, 9.17) is 4.74 Å². The van der Waals surface area contributed by atoms with Crippen molar-refractivity contribution in [1.82, 2.24) is 14.8 Å². The van der Waals surface area contributed by atoms with Gasteiger partial charge in [0.15, 0.2) is 0 Å². The van der Waals surface area contributed by atoms with E-state index in [1.54, 1.807) is 12.1 Å². The van der Waals surface area contributed by atoms with Crippen molar-refractivity contribution in [3.05, 3.63) is 78.8 Å². The Morgan fingerprint density at radius 1 is 1.09 bits per heavy atom. The quantitative estimate of drug-likeness (QED) is 0.399. The third kappa shape index (κ3) is 4.78. The predicted octanol–water partition coefficient (Wildman–Crippen LogP) is 2.74. The number of aromatic nitrogens is 3. The number of non-ortho nitro benzene ring substituents is 1. The van der Waals surface area contributed by atoms with Gasteiger partial charge in [-0.25, -0.2) is 0 Å². The van der Waals surface area contributed by atoms with Crippen LogP contribution in [0.1, 0.15) is 5.69 Å². The van der Waals surface area contributed by atoms with E-state index in [-0.39, 0.29) is 22.8 Å². The van der Waals surface area contributed by atoms with Gasteiger partial charge in [-0.3, -0.25) is 30.0 Å². The highest BCUT2D eigenvalue weighted by Crippen LogP contribution is 2.31. The van der Waals surface area contributed by atoms with Crippen LogP contribution in [0, 0.1) is 37.3 Å². The maximum atomic E-state index is 12.4. The van der Waals surface area contributed by atoms with Gasteiger partial charge in [-0.15, -0.1) is 0 Å². The molecular weight excluding hydrogens is 430 g/mol. The van der Waals surface area contributed by atoms with Crippen molar-refractivity contribution in [2.45, 2.75) is 13.5 Å². The van der Waals surface area contributed by atoms with Gasteiger partial charge in [-0.1, -0.05) is 0 Å². The molecule has 0 aliphatic rings. The molecule has 0 saturated carbocycles. The van der Waals surface area contributed by atoms with Crippen LogP contribution >= 0.6 is 0 Å². The summed E-state index contributed by atoms with van der Waals surface area (Å²) in [5, 5.41) is 39.2. The van der Waals surface area contributed by atoms with Crippen LogP contribution in [0.25, 0.3) is 0 Å². The summed E-state index contributed by atoms with van der Waals surface area (Å²) in [6.45, 7) is 0.598. The molecule has 1 N–H and O–H groups in total. The highest BCUT2D eigenvalue weighted by Gasteiger charge is 2.35. The molecule has 0 radical (unpaired) electrons. The standard InChI is InChI=1S/C17H13N7O8/c1-10-16(23(28)29)17(24(30)31)20-21(10)9-15(25)19-11-5-12(22(26)27)7-14(6-11)32-13-3-2-4-18-8-13/h2-8H,9H2,1H3,(H,19,25). The van der Waals surface area contributed by atoms with Gasteiger partial charge in [-0.05, 0) is 24.0 Å². The van der Waals surface area contributed by atoms with E-state index in [9.17, 15) is 35.1 Å². The molecule has 3 aromatic rings. The smallest absolute Gasteiger partial charge is 0.455 e. The molecule has 0 spiro atoms. The van der Waals surface area contributed by atoms with E-state index in [1.165, 1.54) is 25.4 Å². The molecule has 0 fully saturated rings. The summed E-state index contributed by atoms with van der Waals surface area (Å²) in [7, 11) is 0. The first-order valence-corrected chi connectivity index (χ1v) is 8.69. The van der Waals surface area contributed by atoms with E-state index in [0.717, 1.165) is 16.8 Å². The lowest BCUT2D eigenvalue weighted by Crippen LogP contribution is -2.20. The molecule has 0 bridgehead atoms. The maximum Gasteiger partial charge on any atom is 0.468 e. The number of hydrogen-bond donors (Lipinski definition) is 1. The van der Waals surface area contributed by atoms with Crippen LogP contribution in [0.4, 0.5) is 22.9 Å². The zero-order valence-electron chi connectivity index (χ0n) is 16.2. The Hall–Kier alpha value is -4.95. The number of rotatable bonds is 8. The Bertz CT molecular complexity index is 1230. The zero-order chi connectivity index (χ0) is 23.4. The number of nitro groups is 3. The molecule has 0 aliphatic carbocycles. The van der Waals surface area contributed by atoms with Gasteiger partial charge in [0.2, 0.25) is 5.91 Å². The van der Waals surface area contributed by atoms with Crippen molar-refractivity contribution in [2.75, 3.05) is 5.32 Å². The fourth-order valence-corrected chi connectivity index (χ4v) is 2.71. The molecule has 1 amide bonds. The lowest BCUT2D eigenvalue weighted by atomic mass is 10.2. The van der Waals surface area contributed by atoms with Gasteiger partial charge in [-0.2, -0.15) is 4.68 Å². The minimum absolute atomic E-state index is 0.00287. The number of nitrogens with zero attached hydrogens (tertiary/aromatic N) is 6. The molecule has 0 saturated heterocycles. The number of carbonyl (C=O) groups is 1. The average molecular weight is 443 g/mol. The molecule has 164 valence electrons. The topological polar surface area (TPSA) is 198 Å². The number of carbonyl (C=O) groups excluding carboxylic acids is 1. The molecule has 15 nitrogen and oxygen atoms in total. The normalized spacial score (nSPS) is 10.4. The van der Waals surface area contributed by atoms with Crippen LogP contribution in [-0.4, -0.2) is 35.4 Å². The van der Waals surface area contributed by atoms with Gasteiger partial charge < -0.3 is 20.2 Å². The molecule has 2 aromatic heterocycles. The summed E-state index contributed by atoms with van der Waals surface area (Å²) in [4.78, 5) is 46.9. The van der Waals surface area contributed by atoms with Crippen LogP contribution < -0.4 is 10.1 Å². The average Bonchev–Trinajstić information content (AvgIpc) is 3.05. The summed E-state index contributed by atoms with van der Waals surface area (Å²) in [6.07, 6.45) is 2.90. The monoisotopic (exact) mass is 443 g/mol. The largest absolute Gasteiger partial charge is 0.468 e.